The summed E-state index contributed by atoms with van der Waals surface area (Å²) in [4.78, 5) is 30.8. The number of rotatable bonds is 9. The van der Waals surface area contributed by atoms with Crippen molar-refractivity contribution in [3.05, 3.63) is 89.1 Å². The number of nitrogens with zero attached hydrogens (tertiary/aromatic N) is 1. The van der Waals surface area contributed by atoms with Gasteiger partial charge >= 0.3 is 12.4 Å². The molecule has 7 nitrogen and oxygen atoms in total. The van der Waals surface area contributed by atoms with Gasteiger partial charge in [0, 0.05) is 18.9 Å². The maximum Gasteiger partial charge on any atom is 0.416 e. The standard InChI is InChI=1S/C30H27F6N3O4/c1-18-4-6-19(7-5-18)23-16-28(30(34,35)36,20-8-11-22(12-9-20)43-15-3-14-29(31,32)33)39-27(41)25(23)26(40)38-21-10-13-24(42-2)37-17-21/h4-13,17H,3,14-16H2,1-2H3,(H,38,40)(H,39,41). The first-order chi connectivity index (χ1) is 20.2. The van der Waals surface area contributed by atoms with E-state index in [1.165, 1.54) is 49.7 Å². The van der Waals surface area contributed by atoms with Crippen LogP contribution in [0.3, 0.4) is 0 Å². The number of anilines is 1. The van der Waals surface area contributed by atoms with Crippen molar-refractivity contribution in [3.63, 3.8) is 0 Å². The number of halogens is 6. The van der Waals surface area contributed by atoms with Gasteiger partial charge in [0.05, 0.1) is 25.6 Å². The zero-order valence-electron chi connectivity index (χ0n) is 23.0. The molecule has 1 aliphatic rings. The molecule has 1 atom stereocenters. The minimum atomic E-state index is -5.02. The molecule has 2 amide bonds. The molecular weight excluding hydrogens is 580 g/mol. The van der Waals surface area contributed by atoms with Crippen molar-refractivity contribution in [3.8, 4) is 11.6 Å². The lowest BCUT2D eigenvalue weighted by atomic mass is 9.76. The number of benzene rings is 2. The molecule has 4 rings (SSSR count). The molecule has 228 valence electrons. The Morgan fingerprint density at radius 1 is 1.00 bits per heavy atom. The predicted octanol–water partition coefficient (Wildman–Crippen LogP) is 6.49. The summed E-state index contributed by atoms with van der Waals surface area (Å²) in [6, 6.07) is 13.9. The molecule has 0 aliphatic carbocycles. The second-order valence-corrected chi connectivity index (χ2v) is 9.89. The van der Waals surface area contributed by atoms with Crippen LogP contribution >= 0.6 is 0 Å². The molecule has 0 spiro atoms. The Balaban J connectivity index is 1.71. The van der Waals surface area contributed by atoms with Crippen LogP contribution in [0.5, 0.6) is 11.6 Å². The number of hydrogen-bond acceptors (Lipinski definition) is 5. The number of nitrogens with one attached hydrogen (secondary N) is 2. The normalized spacial score (nSPS) is 17.3. The monoisotopic (exact) mass is 607 g/mol. The maximum atomic E-state index is 14.9. The van der Waals surface area contributed by atoms with E-state index in [1.54, 1.807) is 19.1 Å². The minimum Gasteiger partial charge on any atom is -0.494 e. The molecule has 0 fully saturated rings. The smallest absolute Gasteiger partial charge is 0.416 e. The van der Waals surface area contributed by atoms with Crippen LogP contribution in [0.25, 0.3) is 5.57 Å². The summed E-state index contributed by atoms with van der Waals surface area (Å²) in [5.41, 5.74) is -2.65. The number of ether oxygens (including phenoxy) is 2. The summed E-state index contributed by atoms with van der Waals surface area (Å²) < 4.78 is 92.1. The first kappa shape index (κ1) is 31.4. The number of hydrogen-bond donors (Lipinski definition) is 2. The van der Waals surface area contributed by atoms with Crippen molar-refractivity contribution < 1.29 is 45.4 Å². The molecule has 13 heteroatoms. The van der Waals surface area contributed by atoms with Crippen LogP contribution in [0.4, 0.5) is 32.0 Å². The van der Waals surface area contributed by atoms with E-state index in [0.29, 0.717) is 0 Å². The van der Waals surface area contributed by atoms with Crippen LogP contribution in [0.2, 0.25) is 0 Å². The topological polar surface area (TPSA) is 89.5 Å². The van der Waals surface area contributed by atoms with Gasteiger partial charge in [-0.05, 0) is 48.2 Å². The summed E-state index contributed by atoms with van der Waals surface area (Å²) >= 11 is 0. The molecule has 0 saturated carbocycles. The Labute approximate surface area is 242 Å². The highest BCUT2D eigenvalue weighted by Crippen LogP contribution is 2.48. The number of methoxy groups -OCH3 is 1. The highest BCUT2D eigenvalue weighted by Gasteiger charge is 2.60. The van der Waals surface area contributed by atoms with Gasteiger partial charge in [-0.3, -0.25) is 9.59 Å². The Morgan fingerprint density at radius 3 is 2.23 bits per heavy atom. The van der Waals surface area contributed by atoms with Gasteiger partial charge in [-0.15, -0.1) is 0 Å². The van der Waals surface area contributed by atoms with Crippen molar-refractivity contribution in [2.24, 2.45) is 0 Å². The summed E-state index contributed by atoms with van der Waals surface area (Å²) in [5, 5.41) is 4.54. The summed E-state index contributed by atoms with van der Waals surface area (Å²) in [6.45, 7) is 1.49. The summed E-state index contributed by atoms with van der Waals surface area (Å²) in [5.74, 6) is -1.85. The lowest BCUT2D eigenvalue weighted by Gasteiger charge is -2.41. The van der Waals surface area contributed by atoms with E-state index in [4.69, 9.17) is 9.47 Å². The Kier molecular flexibility index (Phi) is 9.02. The SMILES string of the molecule is COc1ccc(NC(=O)C2=C(c3ccc(C)cc3)CC(c3ccc(OCCCC(F)(F)F)cc3)(C(F)(F)F)NC2=O)cn1. The molecule has 0 bridgehead atoms. The van der Waals surface area contributed by atoms with E-state index in [2.05, 4.69) is 10.3 Å². The number of amides is 2. The Bertz CT molecular complexity index is 1480. The van der Waals surface area contributed by atoms with Gasteiger partial charge in [0.25, 0.3) is 11.8 Å². The van der Waals surface area contributed by atoms with E-state index in [9.17, 15) is 35.9 Å². The van der Waals surface area contributed by atoms with Gasteiger partial charge in [0.1, 0.15) is 11.3 Å². The van der Waals surface area contributed by atoms with E-state index >= 15 is 0 Å². The highest BCUT2D eigenvalue weighted by atomic mass is 19.4. The van der Waals surface area contributed by atoms with Crippen molar-refractivity contribution in [1.29, 1.82) is 0 Å². The third-order valence-corrected chi connectivity index (χ3v) is 6.83. The number of carbonyl (C=O) groups is 2. The Morgan fingerprint density at radius 2 is 1.67 bits per heavy atom. The van der Waals surface area contributed by atoms with Crippen LogP contribution in [-0.2, 0) is 15.1 Å². The third-order valence-electron chi connectivity index (χ3n) is 6.83. The molecule has 1 aliphatic heterocycles. The number of aryl methyl sites for hydroxylation is 1. The van der Waals surface area contributed by atoms with E-state index in [-0.39, 0.29) is 47.0 Å². The number of pyridine rings is 1. The molecule has 1 aromatic heterocycles. The van der Waals surface area contributed by atoms with Gasteiger partial charge in [0.2, 0.25) is 5.88 Å². The average Bonchev–Trinajstić information content (AvgIpc) is 2.95. The molecular formula is C30H27F6N3O4. The van der Waals surface area contributed by atoms with Crippen molar-refractivity contribution in [1.82, 2.24) is 10.3 Å². The highest BCUT2D eigenvalue weighted by molar-refractivity contribution is 6.28. The Hall–Kier alpha value is -4.55. The minimum absolute atomic E-state index is 0.0628. The number of carbonyl (C=O) groups excluding carboxylic acids is 2. The van der Waals surface area contributed by atoms with Gasteiger partial charge in [-0.2, -0.15) is 26.3 Å². The lowest BCUT2D eigenvalue weighted by Crippen LogP contribution is -2.59. The zero-order valence-corrected chi connectivity index (χ0v) is 23.0. The molecule has 2 heterocycles. The van der Waals surface area contributed by atoms with Gasteiger partial charge in [-0.1, -0.05) is 42.0 Å². The first-order valence-corrected chi connectivity index (χ1v) is 13.0. The maximum absolute atomic E-state index is 14.9. The molecule has 0 radical (unpaired) electrons. The second kappa shape index (κ2) is 12.4. The first-order valence-electron chi connectivity index (χ1n) is 13.0. The van der Waals surface area contributed by atoms with E-state index < -0.39 is 48.1 Å². The van der Waals surface area contributed by atoms with Crippen molar-refractivity contribution >= 4 is 23.1 Å². The third kappa shape index (κ3) is 7.27. The molecule has 0 saturated heterocycles. The number of alkyl halides is 6. The fraction of sp³-hybridized carbons (Fsp3) is 0.300. The lowest BCUT2D eigenvalue weighted by molar-refractivity contribution is -0.201. The molecule has 3 aromatic rings. The van der Waals surface area contributed by atoms with Crippen molar-refractivity contribution in [2.45, 2.75) is 44.1 Å². The van der Waals surface area contributed by atoms with Crippen molar-refractivity contribution in [2.75, 3.05) is 19.0 Å². The molecule has 1 unspecified atom stereocenters. The van der Waals surface area contributed by atoms with Crippen LogP contribution in [0.15, 0.2) is 72.4 Å². The quantitative estimate of drug-likeness (QED) is 0.165. The average molecular weight is 608 g/mol. The van der Waals surface area contributed by atoms with Gasteiger partial charge in [0.15, 0.2) is 5.54 Å². The van der Waals surface area contributed by atoms with E-state index in [1.807, 2.05) is 5.32 Å². The second-order valence-electron chi connectivity index (χ2n) is 9.89. The van der Waals surface area contributed by atoms with Crippen LogP contribution < -0.4 is 20.1 Å². The summed E-state index contributed by atoms with van der Waals surface area (Å²) in [6.07, 6.45) is -10.3. The van der Waals surface area contributed by atoms with Gasteiger partial charge in [-0.25, -0.2) is 4.98 Å². The zero-order chi connectivity index (χ0) is 31.4. The fourth-order valence-electron chi connectivity index (χ4n) is 4.61. The molecule has 43 heavy (non-hydrogen) atoms. The summed E-state index contributed by atoms with van der Waals surface area (Å²) in [7, 11) is 1.40. The largest absolute Gasteiger partial charge is 0.494 e. The molecule has 2 aromatic carbocycles. The van der Waals surface area contributed by atoms with Crippen LogP contribution in [-0.4, -0.2) is 42.9 Å². The van der Waals surface area contributed by atoms with E-state index in [0.717, 1.165) is 17.7 Å². The van der Waals surface area contributed by atoms with Crippen LogP contribution in [0.1, 0.15) is 36.0 Å². The fourth-order valence-corrected chi connectivity index (χ4v) is 4.61. The van der Waals surface area contributed by atoms with Crippen LogP contribution in [0, 0.1) is 6.92 Å². The molecule has 2 N–H and O–H groups in total. The predicted molar refractivity (Wildman–Crippen MR) is 145 cm³/mol. The number of aromatic nitrogens is 1. The van der Waals surface area contributed by atoms with Gasteiger partial charge < -0.3 is 20.1 Å².